The summed E-state index contributed by atoms with van der Waals surface area (Å²) in [5.74, 6) is 0.876. The molecule has 0 saturated carbocycles. The first kappa shape index (κ1) is 11.2. The molecule has 4 nitrogen and oxygen atoms in total. The average Bonchev–Trinajstić information content (AvgIpc) is 2.97. The van der Waals surface area contributed by atoms with Crippen LogP contribution in [0.3, 0.4) is 0 Å². The molecule has 0 radical (unpaired) electrons. The Labute approximate surface area is 95.4 Å². The number of carbonyl (C=O) groups excluding carboxylic acids is 1. The van der Waals surface area contributed by atoms with Gasteiger partial charge in [0.15, 0.2) is 0 Å². The van der Waals surface area contributed by atoms with E-state index in [2.05, 4.69) is 10.6 Å². The molecule has 88 valence electrons. The van der Waals surface area contributed by atoms with Crippen LogP contribution in [0.15, 0.2) is 22.8 Å². The first-order valence-corrected chi connectivity index (χ1v) is 5.82. The Bertz CT molecular complexity index is 340. The molecule has 1 aliphatic rings. The second-order valence-electron chi connectivity index (χ2n) is 4.23. The fourth-order valence-corrected chi connectivity index (χ4v) is 2.21. The molecule has 1 aromatic heterocycles. The highest BCUT2D eigenvalue weighted by Gasteiger charge is 2.38. The van der Waals surface area contributed by atoms with Gasteiger partial charge < -0.3 is 15.1 Å². The van der Waals surface area contributed by atoms with Gasteiger partial charge in [0, 0.05) is 0 Å². The number of furan rings is 1. The lowest BCUT2D eigenvalue weighted by Gasteiger charge is -2.26. The number of rotatable bonds is 4. The minimum atomic E-state index is -0.355. The van der Waals surface area contributed by atoms with E-state index in [0.717, 1.165) is 31.6 Å². The largest absolute Gasteiger partial charge is 0.467 e. The van der Waals surface area contributed by atoms with Crippen LogP contribution in [-0.2, 0) is 11.3 Å². The summed E-state index contributed by atoms with van der Waals surface area (Å²) in [5, 5.41) is 6.23. The van der Waals surface area contributed by atoms with Crippen molar-refractivity contribution in [1.82, 2.24) is 10.6 Å². The van der Waals surface area contributed by atoms with E-state index in [9.17, 15) is 4.79 Å². The van der Waals surface area contributed by atoms with E-state index in [0.29, 0.717) is 6.54 Å². The Morgan fingerprint density at radius 2 is 2.56 bits per heavy atom. The van der Waals surface area contributed by atoms with E-state index in [-0.39, 0.29) is 11.4 Å². The van der Waals surface area contributed by atoms with Crippen LogP contribution in [0.1, 0.15) is 31.9 Å². The monoisotopic (exact) mass is 222 g/mol. The molecule has 1 amide bonds. The quantitative estimate of drug-likeness (QED) is 0.810. The third kappa shape index (κ3) is 2.11. The zero-order chi connectivity index (χ0) is 11.4. The molecule has 2 N–H and O–H groups in total. The fourth-order valence-electron chi connectivity index (χ4n) is 2.21. The van der Waals surface area contributed by atoms with Crippen LogP contribution in [0.25, 0.3) is 0 Å². The Morgan fingerprint density at radius 1 is 1.69 bits per heavy atom. The van der Waals surface area contributed by atoms with Crippen LogP contribution in [0.2, 0.25) is 0 Å². The molecule has 0 spiro atoms. The van der Waals surface area contributed by atoms with E-state index in [1.807, 2.05) is 19.1 Å². The average molecular weight is 222 g/mol. The lowest BCUT2D eigenvalue weighted by atomic mass is 9.93. The second kappa shape index (κ2) is 4.70. The zero-order valence-electron chi connectivity index (χ0n) is 9.58. The Morgan fingerprint density at radius 3 is 3.12 bits per heavy atom. The molecule has 1 aliphatic heterocycles. The molecule has 1 saturated heterocycles. The lowest BCUT2D eigenvalue weighted by molar-refractivity contribution is -0.127. The van der Waals surface area contributed by atoms with E-state index in [1.165, 1.54) is 0 Å². The van der Waals surface area contributed by atoms with Crippen LogP contribution >= 0.6 is 0 Å². The molecule has 16 heavy (non-hydrogen) atoms. The van der Waals surface area contributed by atoms with Crippen LogP contribution < -0.4 is 10.6 Å². The van der Waals surface area contributed by atoms with Crippen LogP contribution in [-0.4, -0.2) is 18.0 Å². The molecular formula is C12H18N2O2. The number of carbonyl (C=O) groups is 1. The van der Waals surface area contributed by atoms with Crippen molar-refractivity contribution in [1.29, 1.82) is 0 Å². The van der Waals surface area contributed by atoms with Gasteiger partial charge >= 0.3 is 0 Å². The van der Waals surface area contributed by atoms with Crippen molar-refractivity contribution in [3.8, 4) is 0 Å². The molecule has 4 heteroatoms. The lowest BCUT2D eigenvalue weighted by Crippen LogP contribution is -2.52. The van der Waals surface area contributed by atoms with Crippen LogP contribution in [0.4, 0.5) is 0 Å². The number of amides is 1. The molecule has 1 fully saturated rings. The predicted octanol–water partition coefficient (Wildman–Crippen LogP) is 1.43. The Hall–Kier alpha value is -1.29. The van der Waals surface area contributed by atoms with Crippen molar-refractivity contribution < 1.29 is 9.21 Å². The van der Waals surface area contributed by atoms with E-state index in [1.54, 1.807) is 6.26 Å². The molecule has 1 atom stereocenters. The molecule has 0 bridgehead atoms. The third-order valence-corrected chi connectivity index (χ3v) is 3.29. The number of hydrogen-bond donors (Lipinski definition) is 2. The summed E-state index contributed by atoms with van der Waals surface area (Å²) in [4.78, 5) is 12.1. The highest BCUT2D eigenvalue weighted by molar-refractivity contribution is 5.86. The summed E-state index contributed by atoms with van der Waals surface area (Å²) < 4.78 is 5.18. The summed E-state index contributed by atoms with van der Waals surface area (Å²) in [7, 11) is 0. The zero-order valence-corrected chi connectivity index (χ0v) is 9.58. The molecule has 2 rings (SSSR count). The maximum atomic E-state index is 12.1. The van der Waals surface area contributed by atoms with Gasteiger partial charge in [0.1, 0.15) is 5.76 Å². The van der Waals surface area contributed by atoms with Crippen molar-refractivity contribution in [3.63, 3.8) is 0 Å². The van der Waals surface area contributed by atoms with Gasteiger partial charge in [-0.3, -0.25) is 4.79 Å². The van der Waals surface area contributed by atoms with Crippen molar-refractivity contribution >= 4 is 5.91 Å². The maximum absolute atomic E-state index is 12.1. The first-order chi connectivity index (χ1) is 7.77. The summed E-state index contributed by atoms with van der Waals surface area (Å²) in [6, 6.07) is 3.69. The van der Waals surface area contributed by atoms with Crippen molar-refractivity contribution in [2.75, 3.05) is 6.54 Å². The van der Waals surface area contributed by atoms with Gasteiger partial charge in [0.25, 0.3) is 0 Å². The summed E-state index contributed by atoms with van der Waals surface area (Å²) in [5.41, 5.74) is -0.355. The van der Waals surface area contributed by atoms with Crippen LogP contribution in [0, 0.1) is 0 Å². The molecule has 2 heterocycles. The van der Waals surface area contributed by atoms with Crippen LogP contribution in [0.5, 0.6) is 0 Å². The number of nitrogens with one attached hydrogen (secondary N) is 2. The van der Waals surface area contributed by atoms with Gasteiger partial charge in [-0.15, -0.1) is 0 Å². The highest BCUT2D eigenvalue weighted by atomic mass is 16.3. The smallest absolute Gasteiger partial charge is 0.240 e. The van der Waals surface area contributed by atoms with E-state index >= 15 is 0 Å². The summed E-state index contributed by atoms with van der Waals surface area (Å²) in [6.07, 6.45) is 4.44. The topological polar surface area (TPSA) is 54.3 Å². The van der Waals surface area contributed by atoms with E-state index in [4.69, 9.17) is 4.42 Å². The van der Waals surface area contributed by atoms with Gasteiger partial charge in [-0.05, 0) is 37.9 Å². The van der Waals surface area contributed by atoms with Gasteiger partial charge in [-0.1, -0.05) is 6.92 Å². The molecule has 0 aromatic carbocycles. The highest BCUT2D eigenvalue weighted by Crippen LogP contribution is 2.23. The Kier molecular flexibility index (Phi) is 3.29. The third-order valence-electron chi connectivity index (χ3n) is 3.29. The molecule has 0 aliphatic carbocycles. The van der Waals surface area contributed by atoms with Crippen molar-refractivity contribution in [2.45, 2.75) is 38.3 Å². The fraction of sp³-hybridized carbons (Fsp3) is 0.583. The minimum Gasteiger partial charge on any atom is -0.467 e. The SMILES string of the molecule is CCC1(C(=O)NCc2ccco2)CCCN1. The molecule has 1 unspecified atom stereocenters. The van der Waals surface area contributed by atoms with E-state index < -0.39 is 0 Å². The summed E-state index contributed by atoms with van der Waals surface area (Å²) >= 11 is 0. The predicted molar refractivity (Wildman–Crippen MR) is 60.8 cm³/mol. The maximum Gasteiger partial charge on any atom is 0.240 e. The standard InChI is InChI=1S/C12H18N2O2/c1-2-12(6-4-7-14-12)11(15)13-9-10-5-3-8-16-10/h3,5,8,14H,2,4,6-7,9H2,1H3,(H,13,15). The minimum absolute atomic E-state index is 0.0869. The Balaban J connectivity index is 1.91. The van der Waals surface area contributed by atoms with Gasteiger partial charge in [-0.25, -0.2) is 0 Å². The van der Waals surface area contributed by atoms with Gasteiger partial charge in [0.2, 0.25) is 5.91 Å². The molecule has 1 aromatic rings. The van der Waals surface area contributed by atoms with Gasteiger partial charge in [-0.2, -0.15) is 0 Å². The molecular weight excluding hydrogens is 204 g/mol. The van der Waals surface area contributed by atoms with Gasteiger partial charge in [0.05, 0.1) is 18.3 Å². The van der Waals surface area contributed by atoms with Crippen molar-refractivity contribution in [3.05, 3.63) is 24.2 Å². The second-order valence-corrected chi connectivity index (χ2v) is 4.23. The summed E-state index contributed by atoms with van der Waals surface area (Å²) in [6.45, 7) is 3.45. The first-order valence-electron chi connectivity index (χ1n) is 5.82. The normalized spacial score (nSPS) is 24.6. The van der Waals surface area contributed by atoms with Crippen molar-refractivity contribution in [2.24, 2.45) is 0 Å². The number of hydrogen-bond acceptors (Lipinski definition) is 3.